The van der Waals surface area contributed by atoms with Gasteiger partial charge in [0.25, 0.3) is 0 Å². The Bertz CT molecular complexity index is 2250. The fourth-order valence-electron chi connectivity index (χ4n) is 7.59. The van der Waals surface area contributed by atoms with Crippen molar-refractivity contribution in [3.05, 3.63) is 137 Å². The summed E-state index contributed by atoms with van der Waals surface area (Å²) in [6.45, 7) is 9.09. The van der Waals surface area contributed by atoms with Gasteiger partial charge in [-0.25, -0.2) is 9.97 Å². The standard InChI is InChI=1S/C44H41N3S/c1-29-25-35-34-16-9-8-15-33(34)26-36(41(35)48-29)39-27-38(32-21-19-30(20-22-32)28-43(2,3)4)46-42(47-39)44(23-10-11-24-44)40-18-12-17-37(45-40)31-13-6-5-7-14-31/h5-9,12-22,25-27H,10-11,23-24,28H2,1-4H3. The summed E-state index contributed by atoms with van der Waals surface area (Å²) in [7, 11) is 0. The summed E-state index contributed by atoms with van der Waals surface area (Å²) < 4.78 is 1.28. The van der Waals surface area contributed by atoms with Gasteiger partial charge in [-0.15, -0.1) is 11.3 Å². The van der Waals surface area contributed by atoms with Gasteiger partial charge >= 0.3 is 0 Å². The molecule has 1 aliphatic rings. The quantitative estimate of drug-likeness (QED) is 0.181. The second-order valence-electron chi connectivity index (χ2n) is 14.7. The molecule has 3 aromatic heterocycles. The average Bonchev–Trinajstić information content (AvgIpc) is 3.76. The molecule has 3 nitrogen and oxygen atoms in total. The van der Waals surface area contributed by atoms with Crippen molar-refractivity contribution in [1.29, 1.82) is 0 Å². The molecule has 0 radical (unpaired) electrons. The molecule has 8 rings (SSSR count). The Labute approximate surface area is 287 Å². The van der Waals surface area contributed by atoms with Crippen LogP contribution in [0.15, 0.2) is 115 Å². The smallest absolute Gasteiger partial charge is 0.141 e. The maximum absolute atomic E-state index is 5.55. The van der Waals surface area contributed by atoms with Crippen molar-refractivity contribution in [2.24, 2.45) is 5.41 Å². The minimum absolute atomic E-state index is 0.229. The molecule has 0 unspecified atom stereocenters. The first-order valence-corrected chi connectivity index (χ1v) is 18.0. The number of thiophene rings is 1. The van der Waals surface area contributed by atoms with E-state index in [-0.39, 0.29) is 10.8 Å². The third-order valence-corrected chi connectivity index (χ3v) is 10.9. The van der Waals surface area contributed by atoms with Crippen LogP contribution >= 0.6 is 11.3 Å². The molecular formula is C44H41N3S. The van der Waals surface area contributed by atoms with Crippen LogP contribution < -0.4 is 0 Å². The molecule has 0 aliphatic heterocycles. The van der Waals surface area contributed by atoms with Gasteiger partial charge in [0.2, 0.25) is 0 Å². The average molecular weight is 644 g/mol. The Balaban J connectivity index is 1.35. The highest BCUT2D eigenvalue weighted by Crippen LogP contribution is 2.47. The van der Waals surface area contributed by atoms with E-state index in [1.165, 1.54) is 36.9 Å². The van der Waals surface area contributed by atoms with Crippen LogP contribution in [-0.4, -0.2) is 15.0 Å². The predicted octanol–water partition coefficient (Wildman–Crippen LogP) is 12.0. The Kier molecular flexibility index (Phi) is 7.72. The van der Waals surface area contributed by atoms with E-state index in [9.17, 15) is 0 Å². The molecule has 0 bridgehead atoms. The molecule has 4 aromatic carbocycles. The lowest BCUT2D eigenvalue weighted by atomic mass is 9.80. The van der Waals surface area contributed by atoms with Crippen LogP contribution in [-0.2, 0) is 11.8 Å². The normalized spacial score (nSPS) is 14.6. The number of nitrogens with zero attached hydrogens (tertiary/aromatic N) is 3. The van der Waals surface area contributed by atoms with Gasteiger partial charge in [0.1, 0.15) is 5.82 Å². The minimum atomic E-state index is -0.358. The number of hydrogen-bond acceptors (Lipinski definition) is 4. The van der Waals surface area contributed by atoms with Gasteiger partial charge in [0.15, 0.2) is 0 Å². The fourth-order valence-corrected chi connectivity index (χ4v) is 8.64. The zero-order valence-corrected chi connectivity index (χ0v) is 29.1. The summed E-state index contributed by atoms with van der Waals surface area (Å²) in [4.78, 5) is 17.7. The van der Waals surface area contributed by atoms with E-state index in [1.54, 1.807) is 0 Å². The lowest BCUT2D eigenvalue weighted by Crippen LogP contribution is -2.28. The molecule has 1 aliphatic carbocycles. The summed E-state index contributed by atoms with van der Waals surface area (Å²) in [5, 5.41) is 3.82. The predicted molar refractivity (Wildman–Crippen MR) is 203 cm³/mol. The summed E-state index contributed by atoms with van der Waals surface area (Å²) in [6, 6.07) is 41.6. The monoisotopic (exact) mass is 643 g/mol. The van der Waals surface area contributed by atoms with Gasteiger partial charge < -0.3 is 0 Å². The second-order valence-corrected chi connectivity index (χ2v) is 16.0. The Morgan fingerprint density at radius 2 is 1.35 bits per heavy atom. The largest absolute Gasteiger partial charge is 0.252 e. The van der Waals surface area contributed by atoms with Crippen LogP contribution in [0.1, 0.15) is 68.4 Å². The Morgan fingerprint density at radius 3 is 2.12 bits per heavy atom. The van der Waals surface area contributed by atoms with Gasteiger partial charge in [0, 0.05) is 31.7 Å². The Hall–Kier alpha value is -4.67. The van der Waals surface area contributed by atoms with Crippen molar-refractivity contribution in [3.63, 3.8) is 0 Å². The summed E-state index contributed by atoms with van der Waals surface area (Å²) in [5.41, 5.74) is 8.66. The van der Waals surface area contributed by atoms with E-state index in [0.717, 1.165) is 71.8 Å². The second kappa shape index (κ2) is 12.1. The highest BCUT2D eigenvalue weighted by atomic mass is 32.1. The minimum Gasteiger partial charge on any atom is -0.252 e. The van der Waals surface area contributed by atoms with E-state index in [4.69, 9.17) is 15.0 Å². The van der Waals surface area contributed by atoms with Gasteiger partial charge in [-0.2, -0.15) is 0 Å². The molecule has 0 amide bonds. The molecular weight excluding hydrogens is 603 g/mol. The maximum atomic E-state index is 5.55. The molecule has 1 saturated carbocycles. The molecule has 1 fully saturated rings. The third kappa shape index (κ3) is 5.73. The SMILES string of the molecule is Cc1cc2c(s1)c(-c1cc(-c3ccc(CC(C)(C)C)cc3)nc(C3(c4cccc(-c5ccccc5)n4)CCCC3)n1)cc1ccccc12. The number of aryl methyl sites for hydroxylation is 1. The van der Waals surface area contributed by atoms with Crippen LogP contribution in [0.3, 0.4) is 0 Å². The molecule has 0 atom stereocenters. The topological polar surface area (TPSA) is 38.7 Å². The van der Waals surface area contributed by atoms with Crippen LogP contribution in [0.2, 0.25) is 0 Å². The van der Waals surface area contributed by atoms with Crippen molar-refractivity contribution >= 4 is 32.2 Å². The summed E-state index contributed by atoms with van der Waals surface area (Å²) in [6.07, 6.45) is 5.26. The highest BCUT2D eigenvalue weighted by molar-refractivity contribution is 7.19. The molecule has 48 heavy (non-hydrogen) atoms. The molecule has 238 valence electrons. The van der Waals surface area contributed by atoms with Crippen LogP contribution in [0.4, 0.5) is 0 Å². The fraction of sp³-hybridized carbons (Fsp3) is 0.250. The van der Waals surface area contributed by atoms with Crippen LogP contribution in [0, 0.1) is 12.3 Å². The van der Waals surface area contributed by atoms with Crippen molar-refractivity contribution in [3.8, 4) is 33.8 Å². The van der Waals surface area contributed by atoms with Crippen molar-refractivity contribution in [1.82, 2.24) is 15.0 Å². The molecule has 4 heteroatoms. The molecule has 3 heterocycles. The van der Waals surface area contributed by atoms with Crippen LogP contribution in [0.5, 0.6) is 0 Å². The van der Waals surface area contributed by atoms with E-state index in [0.29, 0.717) is 0 Å². The number of benzene rings is 4. The zero-order valence-electron chi connectivity index (χ0n) is 28.3. The maximum Gasteiger partial charge on any atom is 0.141 e. The highest BCUT2D eigenvalue weighted by Gasteiger charge is 2.42. The first-order chi connectivity index (χ1) is 23.3. The molecule has 7 aromatic rings. The number of pyridine rings is 1. The van der Waals surface area contributed by atoms with Gasteiger partial charge in [-0.1, -0.05) is 119 Å². The van der Waals surface area contributed by atoms with Gasteiger partial charge in [-0.05, 0) is 78.3 Å². The molecule has 0 N–H and O–H groups in total. The zero-order chi connectivity index (χ0) is 32.9. The first-order valence-electron chi connectivity index (χ1n) is 17.2. The number of rotatable bonds is 6. The van der Waals surface area contributed by atoms with Crippen molar-refractivity contribution < 1.29 is 0 Å². The van der Waals surface area contributed by atoms with Gasteiger partial charge in [0.05, 0.1) is 28.2 Å². The third-order valence-electron chi connectivity index (χ3n) is 9.83. The molecule has 0 saturated heterocycles. The lowest BCUT2D eigenvalue weighted by molar-refractivity contribution is 0.411. The first kappa shape index (κ1) is 30.7. The number of hydrogen-bond donors (Lipinski definition) is 0. The van der Waals surface area contributed by atoms with E-state index in [2.05, 4.69) is 143 Å². The number of fused-ring (bicyclic) bond motifs is 3. The summed E-state index contributed by atoms with van der Waals surface area (Å²) in [5.74, 6) is 0.888. The lowest BCUT2D eigenvalue weighted by Gasteiger charge is -2.28. The van der Waals surface area contributed by atoms with E-state index < -0.39 is 0 Å². The Morgan fingerprint density at radius 1 is 0.646 bits per heavy atom. The summed E-state index contributed by atoms with van der Waals surface area (Å²) >= 11 is 1.86. The van der Waals surface area contributed by atoms with E-state index >= 15 is 0 Å². The molecule has 0 spiro atoms. The van der Waals surface area contributed by atoms with Crippen molar-refractivity contribution in [2.45, 2.75) is 65.2 Å². The van der Waals surface area contributed by atoms with Crippen LogP contribution in [0.25, 0.3) is 54.6 Å². The van der Waals surface area contributed by atoms with E-state index in [1.807, 2.05) is 11.3 Å². The van der Waals surface area contributed by atoms with Gasteiger partial charge in [-0.3, -0.25) is 4.98 Å². The van der Waals surface area contributed by atoms with Crippen molar-refractivity contribution in [2.75, 3.05) is 0 Å². The number of aromatic nitrogens is 3.